The van der Waals surface area contributed by atoms with Gasteiger partial charge in [0.15, 0.2) is 0 Å². The molecule has 4 heteroatoms. The first kappa shape index (κ1) is 13.3. The molecule has 1 aliphatic carbocycles. The fourth-order valence-electron chi connectivity index (χ4n) is 2.48. The zero-order chi connectivity index (χ0) is 13.0. The molecule has 0 aliphatic heterocycles. The lowest BCUT2D eigenvalue weighted by Crippen LogP contribution is -2.24. The van der Waals surface area contributed by atoms with Gasteiger partial charge in [-0.05, 0) is 38.5 Å². The van der Waals surface area contributed by atoms with E-state index in [4.69, 9.17) is 0 Å². The Morgan fingerprint density at radius 3 is 2.67 bits per heavy atom. The van der Waals surface area contributed by atoms with E-state index in [1.54, 1.807) is 0 Å². The second-order valence-corrected chi connectivity index (χ2v) is 5.22. The van der Waals surface area contributed by atoms with Gasteiger partial charge in [-0.15, -0.1) is 0 Å². The summed E-state index contributed by atoms with van der Waals surface area (Å²) in [4.78, 5) is 8.85. The number of rotatable bonds is 4. The molecule has 0 saturated heterocycles. The molecular weight excluding hydrogens is 226 g/mol. The highest BCUT2D eigenvalue weighted by Gasteiger charge is 2.19. The summed E-state index contributed by atoms with van der Waals surface area (Å²) in [5.74, 6) is 2.50. The number of anilines is 1. The van der Waals surface area contributed by atoms with Crippen molar-refractivity contribution in [2.75, 3.05) is 11.9 Å². The van der Waals surface area contributed by atoms with Crippen LogP contribution in [0.15, 0.2) is 6.07 Å². The van der Waals surface area contributed by atoms with Crippen molar-refractivity contribution in [3.05, 3.63) is 17.6 Å². The van der Waals surface area contributed by atoms with Gasteiger partial charge in [0.05, 0.1) is 6.10 Å². The Labute approximate surface area is 109 Å². The fourth-order valence-corrected chi connectivity index (χ4v) is 2.48. The average molecular weight is 249 g/mol. The maximum atomic E-state index is 9.48. The standard InChI is InChI=1S/C14H23N3O/c1-3-13-16-10(2)8-14(17-13)15-9-11-4-6-12(18)7-5-11/h8,11-12,18H,3-7,9H2,1-2H3,(H,15,16,17). The van der Waals surface area contributed by atoms with E-state index in [9.17, 15) is 5.11 Å². The van der Waals surface area contributed by atoms with E-state index in [0.717, 1.165) is 56.0 Å². The molecule has 1 aromatic rings. The van der Waals surface area contributed by atoms with E-state index in [-0.39, 0.29) is 6.10 Å². The number of aromatic nitrogens is 2. The van der Waals surface area contributed by atoms with Gasteiger partial charge in [-0.3, -0.25) is 0 Å². The first-order chi connectivity index (χ1) is 8.67. The van der Waals surface area contributed by atoms with Crippen LogP contribution in [0.4, 0.5) is 5.82 Å². The van der Waals surface area contributed by atoms with Crippen molar-refractivity contribution >= 4 is 5.82 Å². The molecule has 0 spiro atoms. The van der Waals surface area contributed by atoms with Crippen LogP contribution in [-0.2, 0) is 6.42 Å². The number of aliphatic hydroxyl groups excluding tert-OH is 1. The Balaban J connectivity index is 1.88. The zero-order valence-corrected chi connectivity index (χ0v) is 11.3. The topological polar surface area (TPSA) is 58.0 Å². The summed E-state index contributed by atoms with van der Waals surface area (Å²) in [6.07, 6.45) is 4.89. The highest BCUT2D eigenvalue weighted by molar-refractivity contribution is 5.35. The Bertz CT molecular complexity index is 387. The van der Waals surface area contributed by atoms with Gasteiger partial charge in [0.1, 0.15) is 11.6 Å². The van der Waals surface area contributed by atoms with Crippen LogP contribution in [0.1, 0.15) is 44.1 Å². The summed E-state index contributed by atoms with van der Waals surface area (Å²) in [5.41, 5.74) is 1.02. The van der Waals surface area contributed by atoms with Crippen LogP contribution >= 0.6 is 0 Å². The molecule has 0 atom stereocenters. The smallest absolute Gasteiger partial charge is 0.130 e. The number of hydrogen-bond donors (Lipinski definition) is 2. The first-order valence-electron chi connectivity index (χ1n) is 6.94. The summed E-state index contributed by atoms with van der Waals surface area (Å²) >= 11 is 0. The lowest BCUT2D eigenvalue weighted by molar-refractivity contribution is 0.111. The zero-order valence-electron chi connectivity index (χ0n) is 11.3. The number of nitrogens with one attached hydrogen (secondary N) is 1. The third-order valence-electron chi connectivity index (χ3n) is 3.60. The van der Waals surface area contributed by atoms with Gasteiger partial charge in [-0.2, -0.15) is 0 Å². The summed E-state index contributed by atoms with van der Waals surface area (Å²) in [5, 5.41) is 12.9. The van der Waals surface area contributed by atoms with Crippen LogP contribution in [0.3, 0.4) is 0 Å². The molecule has 18 heavy (non-hydrogen) atoms. The van der Waals surface area contributed by atoms with E-state index in [2.05, 4.69) is 22.2 Å². The summed E-state index contributed by atoms with van der Waals surface area (Å²) in [6, 6.07) is 2.00. The van der Waals surface area contributed by atoms with Crippen molar-refractivity contribution in [2.24, 2.45) is 5.92 Å². The lowest BCUT2D eigenvalue weighted by Gasteiger charge is -2.25. The van der Waals surface area contributed by atoms with Crippen LogP contribution in [0, 0.1) is 12.8 Å². The monoisotopic (exact) mass is 249 g/mol. The van der Waals surface area contributed by atoms with Crippen molar-refractivity contribution in [1.82, 2.24) is 9.97 Å². The molecule has 2 N–H and O–H groups in total. The maximum absolute atomic E-state index is 9.48. The predicted molar refractivity (Wildman–Crippen MR) is 72.6 cm³/mol. The molecule has 2 rings (SSSR count). The molecule has 0 bridgehead atoms. The molecule has 0 aromatic carbocycles. The van der Waals surface area contributed by atoms with Crippen molar-refractivity contribution in [1.29, 1.82) is 0 Å². The van der Waals surface area contributed by atoms with Crippen molar-refractivity contribution < 1.29 is 5.11 Å². The van der Waals surface area contributed by atoms with E-state index in [0.29, 0.717) is 5.92 Å². The number of aryl methyl sites for hydroxylation is 2. The van der Waals surface area contributed by atoms with Crippen molar-refractivity contribution in [3.8, 4) is 0 Å². The van der Waals surface area contributed by atoms with Crippen molar-refractivity contribution in [3.63, 3.8) is 0 Å². The van der Waals surface area contributed by atoms with Crippen LogP contribution in [0.2, 0.25) is 0 Å². The molecule has 4 nitrogen and oxygen atoms in total. The van der Waals surface area contributed by atoms with Gasteiger partial charge in [0, 0.05) is 24.7 Å². The highest BCUT2D eigenvalue weighted by atomic mass is 16.3. The SMILES string of the molecule is CCc1nc(C)cc(NCC2CCC(O)CC2)n1. The first-order valence-corrected chi connectivity index (χ1v) is 6.94. The van der Waals surface area contributed by atoms with E-state index < -0.39 is 0 Å². The van der Waals surface area contributed by atoms with Gasteiger partial charge in [-0.1, -0.05) is 6.92 Å². The molecule has 0 unspecified atom stereocenters. The molecule has 1 heterocycles. The van der Waals surface area contributed by atoms with E-state index in [1.165, 1.54) is 0 Å². The summed E-state index contributed by atoms with van der Waals surface area (Å²) < 4.78 is 0. The Morgan fingerprint density at radius 1 is 1.28 bits per heavy atom. The molecule has 0 radical (unpaired) electrons. The third kappa shape index (κ3) is 3.67. The number of aliphatic hydroxyl groups is 1. The maximum Gasteiger partial charge on any atom is 0.130 e. The second-order valence-electron chi connectivity index (χ2n) is 5.22. The Morgan fingerprint density at radius 2 is 2.00 bits per heavy atom. The van der Waals surface area contributed by atoms with Crippen LogP contribution < -0.4 is 5.32 Å². The fraction of sp³-hybridized carbons (Fsp3) is 0.714. The van der Waals surface area contributed by atoms with Crippen molar-refractivity contribution in [2.45, 2.75) is 52.1 Å². The summed E-state index contributed by atoms with van der Waals surface area (Å²) in [6.45, 7) is 5.02. The Hall–Kier alpha value is -1.16. The van der Waals surface area contributed by atoms with Gasteiger partial charge >= 0.3 is 0 Å². The normalized spacial score (nSPS) is 23.9. The van der Waals surface area contributed by atoms with Gasteiger partial charge < -0.3 is 10.4 Å². The predicted octanol–water partition coefficient (Wildman–Crippen LogP) is 2.31. The summed E-state index contributed by atoms with van der Waals surface area (Å²) in [7, 11) is 0. The molecule has 100 valence electrons. The van der Waals surface area contributed by atoms with Crippen LogP contribution in [-0.4, -0.2) is 27.7 Å². The minimum Gasteiger partial charge on any atom is -0.393 e. The quantitative estimate of drug-likeness (QED) is 0.859. The van der Waals surface area contributed by atoms with Crippen LogP contribution in [0.5, 0.6) is 0 Å². The molecule has 0 amide bonds. The number of nitrogens with zero attached hydrogens (tertiary/aromatic N) is 2. The minimum absolute atomic E-state index is 0.0748. The van der Waals surface area contributed by atoms with E-state index >= 15 is 0 Å². The second kappa shape index (κ2) is 6.14. The molecular formula is C14H23N3O. The number of hydrogen-bond acceptors (Lipinski definition) is 4. The van der Waals surface area contributed by atoms with Crippen LogP contribution in [0.25, 0.3) is 0 Å². The minimum atomic E-state index is -0.0748. The molecule has 1 aliphatic rings. The van der Waals surface area contributed by atoms with E-state index in [1.807, 2.05) is 13.0 Å². The van der Waals surface area contributed by atoms with Gasteiger partial charge in [0.2, 0.25) is 0 Å². The lowest BCUT2D eigenvalue weighted by atomic mass is 9.87. The van der Waals surface area contributed by atoms with Gasteiger partial charge in [-0.25, -0.2) is 9.97 Å². The molecule has 1 fully saturated rings. The third-order valence-corrected chi connectivity index (χ3v) is 3.60. The molecule has 1 aromatic heterocycles. The average Bonchev–Trinajstić information content (AvgIpc) is 2.37. The van der Waals surface area contributed by atoms with Gasteiger partial charge in [0.25, 0.3) is 0 Å². The molecule has 1 saturated carbocycles. The Kier molecular flexibility index (Phi) is 4.53. The highest BCUT2D eigenvalue weighted by Crippen LogP contribution is 2.24. The largest absolute Gasteiger partial charge is 0.393 e.